The van der Waals surface area contributed by atoms with Gasteiger partial charge in [-0.3, -0.25) is 9.59 Å². The van der Waals surface area contributed by atoms with Gasteiger partial charge in [0.25, 0.3) is 0 Å². The van der Waals surface area contributed by atoms with Crippen LogP contribution in [0.25, 0.3) is 0 Å². The quantitative estimate of drug-likeness (QED) is 0.658. The minimum Gasteiger partial charge on any atom is -0.481 e. The van der Waals surface area contributed by atoms with E-state index in [9.17, 15) is 14.7 Å². The number of carbonyl (C=O) groups excluding carboxylic acids is 1. The van der Waals surface area contributed by atoms with Crippen LogP contribution in [0, 0.1) is 5.41 Å². The van der Waals surface area contributed by atoms with Gasteiger partial charge in [0, 0.05) is 26.8 Å². The fourth-order valence-corrected chi connectivity index (χ4v) is 3.09. The molecular formula is C15H28N2O4. The van der Waals surface area contributed by atoms with Gasteiger partial charge in [0.05, 0.1) is 11.5 Å². The van der Waals surface area contributed by atoms with Crippen LogP contribution in [-0.4, -0.2) is 54.7 Å². The van der Waals surface area contributed by atoms with Gasteiger partial charge >= 0.3 is 5.97 Å². The minimum absolute atomic E-state index is 0.132. The third kappa shape index (κ3) is 4.68. The molecular weight excluding hydrogens is 272 g/mol. The second-order valence-corrected chi connectivity index (χ2v) is 5.94. The standard InChI is InChI=1S/C15H28N2O4/c1-3-7-15(14(19)20)8-5-9-17(11-15)13(18)12(16)6-4-10-21-2/h12H,3-11,16H2,1-2H3,(H,19,20). The molecule has 122 valence electrons. The molecule has 0 radical (unpaired) electrons. The van der Waals surface area contributed by atoms with E-state index in [1.807, 2.05) is 6.92 Å². The molecule has 6 nitrogen and oxygen atoms in total. The number of amides is 1. The largest absolute Gasteiger partial charge is 0.481 e. The molecule has 6 heteroatoms. The third-order valence-corrected chi connectivity index (χ3v) is 4.25. The van der Waals surface area contributed by atoms with Crippen molar-refractivity contribution in [3.8, 4) is 0 Å². The molecule has 2 unspecified atom stereocenters. The molecule has 0 aromatic heterocycles. The SMILES string of the molecule is CCCC1(C(=O)O)CCCN(C(=O)C(N)CCCOC)C1. The Morgan fingerprint density at radius 3 is 2.76 bits per heavy atom. The second kappa shape index (κ2) is 8.34. The molecule has 1 rings (SSSR count). The predicted octanol–water partition coefficient (Wildman–Crippen LogP) is 1.23. The van der Waals surface area contributed by atoms with Gasteiger partial charge in [-0.2, -0.15) is 0 Å². The lowest BCUT2D eigenvalue weighted by Gasteiger charge is -2.40. The zero-order valence-electron chi connectivity index (χ0n) is 13.1. The van der Waals surface area contributed by atoms with Gasteiger partial charge in [0.1, 0.15) is 0 Å². The number of ether oxygens (including phenoxy) is 1. The summed E-state index contributed by atoms with van der Waals surface area (Å²) in [6.45, 7) is 3.44. The van der Waals surface area contributed by atoms with E-state index in [2.05, 4.69) is 0 Å². The summed E-state index contributed by atoms with van der Waals surface area (Å²) in [6, 6.07) is -0.564. The Labute approximate surface area is 126 Å². The van der Waals surface area contributed by atoms with E-state index in [-0.39, 0.29) is 12.5 Å². The van der Waals surface area contributed by atoms with Crippen molar-refractivity contribution in [1.29, 1.82) is 0 Å². The summed E-state index contributed by atoms with van der Waals surface area (Å²) in [5.74, 6) is -0.928. The monoisotopic (exact) mass is 300 g/mol. The molecule has 0 saturated carbocycles. The number of carbonyl (C=O) groups is 2. The Balaban J connectivity index is 2.65. The van der Waals surface area contributed by atoms with Crippen LogP contribution in [0.1, 0.15) is 45.4 Å². The summed E-state index contributed by atoms with van der Waals surface area (Å²) >= 11 is 0. The highest BCUT2D eigenvalue weighted by Gasteiger charge is 2.43. The van der Waals surface area contributed by atoms with Gasteiger partial charge in [0.15, 0.2) is 0 Å². The zero-order valence-corrected chi connectivity index (χ0v) is 13.1. The predicted molar refractivity (Wildman–Crippen MR) is 79.9 cm³/mol. The number of carboxylic acids is 1. The first kappa shape index (κ1) is 17.9. The van der Waals surface area contributed by atoms with Crippen molar-refractivity contribution < 1.29 is 19.4 Å². The molecule has 1 aliphatic rings. The maximum atomic E-state index is 12.4. The average molecular weight is 300 g/mol. The first-order valence-electron chi connectivity index (χ1n) is 7.73. The van der Waals surface area contributed by atoms with Gasteiger partial charge in [-0.05, 0) is 32.1 Å². The Morgan fingerprint density at radius 1 is 1.48 bits per heavy atom. The molecule has 1 heterocycles. The first-order valence-corrected chi connectivity index (χ1v) is 7.73. The second-order valence-electron chi connectivity index (χ2n) is 5.94. The van der Waals surface area contributed by atoms with Crippen molar-refractivity contribution in [2.24, 2.45) is 11.1 Å². The van der Waals surface area contributed by atoms with E-state index in [0.717, 1.165) is 19.3 Å². The first-order chi connectivity index (χ1) is 9.96. The van der Waals surface area contributed by atoms with E-state index in [1.165, 1.54) is 0 Å². The van der Waals surface area contributed by atoms with Crippen LogP contribution < -0.4 is 5.73 Å². The van der Waals surface area contributed by atoms with Crippen molar-refractivity contribution in [1.82, 2.24) is 4.90 Å². The van der Waals surface area contributed by atoms with Crippen LogP contribution in [-0.2, 0) is 14.3 Å². The van der Waals surface area contributed by atoms with Crippen LogP contribution in [0.5, 0.6) is 0 Å². The Kier molecular flexibility index (Phi) is 7.11. The summed E-state index contributed by atoms with van der Waals surface area (Å²) in [5, 5.41) is 9.55. The molecule has 1 aliphatic heterocycles. The Hall–Kier alpha value is -1.14. The van der Waals surface area contributed by atoms with E-state index in [4.69, 9.17) is 10.5 Å². The Bertz CT molecular complexity index is 358. The van der Waals surface area contributed by atoms with E-state index >= 15 is 0 Å². The van der Waals surface area contributed by atoms with Gasteiger partial charge in [-0.1, -0.05) is 13.3 Å². The molecule has 0 aromatic carbocycles. The van der Waals surface area contributed by atoms with Crippen LogP contribution >= 0.6 is 0 Å². The average Bonchev–Trinajstić information content (AvgIpc) is 2.47. The molecule has 1 amide bonds. The molecule has 2 atom stereocenters. The van der Waals surface area contributed by atoms with Crippen LogP contribution in [0.4, 0.5) is 0 Å². The van der Waals surface area contributed by atoms with Crippen molar-refractivity contribution in [3.05, 3.63) is 0 Å². The summed E-state index contributed by atoms with van der Waals surface area (Å²) in [4.78, 5) is 25.6. The number of rotatable bonds is 8. The van der Waals surface area contributed by atoms with Crippen molar-refractivity contribution in [3.63, 3.8) is 0 Å². The molecule has 0 bridgehead atoms. The number of carboxylic acid groups (broad SMARTS) is 1. The molecule has 0 spiro atoms. The van der Waals surface area contributed by atoms with E-state index in [1.54, 1.807) is 12.0 Å². The lowest BCUT2D eigenvalue weighted by atomic mass is 9.76. The number of methoxy groups -OCH3 is 1. The molecule has 1 fully saturated rings. The lowest BCUT2D eigenvalue weighted by Crippen LogP contribution is -2.53. The highest BCUT2D eigenvalue weighted by molar-refractivity contribution is 5.83. The molecule has 0 aliphatic carbocycles. The lowest BCUT2D eigenvalue weighted by molar-refractivity contribution is -0.156. The minimum atomic E-state index is -0.797. The van der Waals surface area contributed by atoms with Gasteiger partial charge in [-0.25, -0.2) is 0 Å². The number of nitrogens with zero attached hydrogens (tertiary/aromatic N) is 1. The number of nitrogens with two attached hydrogens (primary N) is 1. The van der Waals surface area contributed by atoms with Crippen molar-refractivity contribution in [2.45, 2.75) is 51.5 Å². The molecule has 3 N–H and O–H groups in total. The summed E-state index contributed by atoms with van der Waals surface area (Å²) in [7, 11) is 1.62. The van der Waals surface area contributed by atoms with Crippen molar-refractivity contribution in [2.75, 3.05) is 26.8 Å². The van der Waals surface area contributed by atoms with Crippen molar-refractivity contribution >= 4 is 11.9 Å². The number of hydrogen-bond donors (Lipinski definition) is 2. The fraction of sp³-hybridized carbons (Fsp3) is 0.867. The maximum Gasteiger partial charge on any atom is 0.311 e. The summed E-state index contributed by atoms with van der Waals surface area (Å²) in [5.41, 5.74) is 5.14. The highest BCUT2D eigenvalue weighted by atomic mass is 16.5. The number of piperidine rings is 1. The third-order valence-electron chi connectivity index (χ3n) is 4.25. The number of hydrogen-bond acceptors (Lipinski definition) is 4. The fourth-order valence-electron chi connectivity index (χ4n) is 3.09. The normalized spacial score (nSPS) is 23.9. The van der Waals surface area contributed by atoms with Gasteiger partial charge in [-0.15, -0.1) is 0 Å². The number of likely N-dealkylation sites (tertiary alicyclic amines) is 1. The molecule has 21 heavy (non-hydrogen) atoms. The zero-order chi connectivity index (χ0) is 15.9. The topological polar surface area (TPSA) is 92.9 Å². The van der Waals surface area contributed by atoms with Gasteiger partial charge in [0.2, 0.25) is 5.91 Å². The molecule has 1 saturated heterocycles. The maximum absolute atomic E-state index is 12.4. The van der Waals surface area contributed by atoms with Crippen LogP contribution in [0.3, 0.4) is 0 Å². The van der Waals surface area contributed by atoms with Crippen LogP contribution in [0.15, 0.2) is 0 Å². The van der Waals surface area contributed by atoms with Gasteiger partial charge < -0.3 is 20.5 Å². The number of aliphatic carboxylic acids is 1. The van der Waals surface area contributed by atoms with Crippen LogP contribution in [0.2, 0.25) is 0 Å². The summed E-state index contributed by atoms with van der Waals surface area (Å²) < 4.78 is 4.96. The van der Waals surface area contributed by atoms with E-state index < -0.39 is 17.4 Å². The summed E-state index contributed by atoms with van der Waals surface area (Å²) in [6.07, 6.45) is 4.06. The highest BCUT2D eigenvalue weighted by Crippen LogP contribution is 2.35. The van der Waals surface area contributed by atoms with E-state index in [0.29, 0.717) is 32.4 Å². The molecule has 0 aromatic rings. The smallest absolute Gasteiger partial charge is 0.311 e. The Morgan fingerprint density at radius 2 is 2.19 bits per heavy atom.